The van der Waals surface area contributed by atoms with E-state index >= 15 is 0 Å². The average Bonchev–Trinajstić information content (AvgIpc) is 2.40. The molecule has 1 aromatic rings. The fourth-order valence-corrected chi connectivity index (χ4v) is 2.34. The van der Waals surface area contributed by atoms with Crippen molar-refractivity contribution in [2.24, 2.45) is 0 Å². The first-order valence-corrected chi connectivity index (χ1v) is 7.30. The second-order valence-electron chi connectivity index (χ2n) is 4.17. The van der Waals surface area contributed by atoms with E-state index in [-0.39, 0.29) is 24.4 Å². The molecule has 0 saturated heterocycles. The molecular weight excluding hydrogens is 327 g/mol. The Bertz CT molecular complexity index is 470. The first-order chi connectivity index (χ1) is 9.51. The standard InChI is InChI=1S/C14H18BrFN2O2/c1-3-18(4-2)12(19)8-9-17-14(20)13-10(15)6-5-7-11(13)16/h5-7H,3-4,8-9H2,1-2H3,(H,17,20). The molecule has 0 bridgehead atoms. The molecular formula is C14H18BrFN2O2. The Balaban J connectivity index is 2.54. The van der Waals surface area contributed by atoms with Crippen molar-refractivity contribution < 1.29 is 14.0 Å². The number of rotatable bonds is 6. The van der Waals surface area contributed by atoms with Gasteiger partial charge in [-0.15, -0.1) is 0 Å². The molecule has 4 nitrogen and oxygen atoms in total. The summed E-state index contributed by atoms with van der Waals surface area (Å²) >= 11 is 3.14. The van der Waals surface area contributed by atoms with Crippen molar-refractivity contribution in [3.8, 4) is 0 Å². The number of nitrogens with zero attached hydrogens (tertiary/aromatic N) is 1. The molecule has 0 aliphatic rings. The smallest absolute Gasteiger partial charge is 0.255 e. The van der Waals surface area contributed by atoms with Crippen molar-refractivity contribution in [1.29, 1.82) is 0 Å². The summed E-state index contributed by atoms with van der Waals surface area (Å²) in [5.74, 6) is -1.14. The Morgan fingerprint density at radius 1 is 1.30 bits per heavy atom. The maximum atomic E-state index is 13.6. The van der Waals surface area contributed by atoms with Crippen molar-refractivity contribution in [1.82, 2.24) is 10.2 Å². The highest BCUT2D eigenvalue weighted by atomic mass is 79.9. The van der Waals surface area contributed by atoms with E-state index in [1.807, 2.05) is 13.8 Å². The van der Waals surface area contributed by atoms with Crippen LogP contribution >= 0.6 is 15.9 Å². The maximum Gasteiger partial charge on any atom is 0.255 e. The third-order valence-corrected chi connectivity index (χ3v) is 3.59. The predicted octanol–water partition coefficient (Wildman–Crippen LogP) is 2.58. The Hall–Kier alpha value is -1.43. The predicted molar refractivity (Wildman–Crippen MR) is 79.0 cm³/mol. The van der Waals surface area contributed by atoms with Crippen LogP contribution in [0.25, 0.3) is 0 Å². The summed E-state index contributed by atoms with van der Waals surface area (Å²) in [4.78, 5) is 25.3. The molecule has 1 aromatic carbocycles. The van der Waals surface area contributed by atoms with E-state index in [0.717, 1.165) is 0 Å². The molecule has 1 N–H and O–H groups in total. The largest absolute Gasteiger partial charge is 0.351 e. The number of benzene rings is 1. The minimum absolute atomic E-state index is 0.0251. The molecule has 0 aromatic heterocycles. The minimum Gasteiger partial charge on any atom is -0.351 e. The van der Waals surface area contributed by atoms with Gasteiger partial charge in [-0.1, -0.05) is 6.07 Å². The average molecular weight is 345 g/mol. The van der Waals surface area contributed by atoms with Gasteiger partial charge < -0.3 is 10.2 Å². The number of carbonyl (C=O) groups is 2. The van der Waals surface area contributed by atoms with E-state index in [4.69, 9.17) is 0 Å². The number of halogens is 2. The maximum absolute atomic E-state index is 13.6. The number of hydrogen-bond donors (Lipinski definition) is 1. The van der Waals surface area contributed by atoms with Gasteiger partial charge in [-0.25, -0.2) is 4.39 Å². The zero-order chi connectivity index (χ0) is 15.1. The highest BCUT2D eigenvalue weighted by molar-refractivity contribution is 9.10. The van der Waals surface area contributed by atoms with Gasteiger partial charge in [0.1, 0.15) is 5.82 Å². The number of amides is 2. The Kier molecular flexibility index (Phi) is 6.64. The molecule has 0 heterocycles. The Labute approximate surface area is 126 Å². The molecule has 20 heavy (non-hydrogen) atoms. The van der Waals surface area contributed by atoms with Crippen LogP contribution in [0.5, 0.6) is 0 Å². The molecule has 1 rings (SSSR count). The van der Waals surface area contributed by atoms with E-state index in [2.05, 4.69) is 21.2 Å². The molecule has 2 amide bonds. The molecule has 110 valence electrons. The van der Waals surface area contributed by atoms with Gasteiger partial charge in [-0.05, 0) is 41.9 Å². The van der Waals surface area contributed by atoms with Crippen LogP contribution in [0.4, 0.5) is 4.39 Å². The molecule has 0 saturated carbocycles. The third kappa shape index (κ3) is 4.30. The van der Waals surface area contributed by atoms with Crippen LogP contribution in [-0.4, -0.2) is 36.3 Å². The molecule has 0 fully saturated rings. The van der Waals surface area contributed by atoms with E-state index in [9.17, 15) is 14.0 Å². The number of hydrogen-bond acceptors (Lipinski definition) is 2. The van der Waals surface area contributed by atoms with Gasteiger partial charge in [-0.3, -0.25) is 9.59 Å². The first-order valence-electron chi connectivity index (χ1n) is 6.51. The highest BCUT2D eigenvalue weighted by Crippen LogP contribution is 2.19. The van der Waals surface area contributed by atoms with Crippen LogP contribution in [0.1, 0.15) is 30.6 Å². The van der Waals surface area contributed by atoms with Gasteiger partial charge in [0, 0.05) is 30.5 Å². The van der Waals surface area contributed by atoms with Crippen LogP contribution in [0.3, 0.4) is 0 Å². The van der Waals surface area contributed by atoms with Gasteiger partial charge in [0.2, 0.25) is 5.91 Å². The van der Waals surface area contributed by atoms with E-state index in [1.54, 1.807) is 11.0 Å². The summed E-state index contributed by atoms with van der Waals surface area (Å²) < 4.78 is 14.0. The summed E-state index contributed by atoms with van der Waals surface area (Å²) in [7, 11) is 0. The summed E-state index contributed by atoms with van der Waals surface area (Å²) in [5.41, 5.74) is -0.0391. The third-order valence-electron chi connectivity index (χ3n) is 2.93. The fourth-order valence-electron chi connectivity index (χ4n) is 1.82. The summed E-state index contributed by atoms with van der Waals surface area (Å²) in [5, 5.41) is 2.56. The number of carbonyl (C=O) groups excluding carboxylic acids is 2. The summed E-state index contributed by atoms with van der Waals surface area (Å²) in [6.45, 7) is 5.27. The van der Waals surface area contributed by atoms with Crippen molar-refractivity contribution in [2.45, 2.75) is 20.3 Å². The Morgan fingerprint density at radius 2 is 1.95 bits per heavy atom. The van der Waals surface area contributed by atoms with E-state index < -0.39 is 11.7 Å². The lowest BCUT2D eigenvalue weighted by Gasteiger charge is -2.18. The lowest BCUT2D eigenvalue weighted by atomic mass is 10.2. The SMILES string of the molecule is CCN(CC)C(=O)CCNC(=O)c1c(F)cccc1Br. The van der Waals surface area contributed by atoms with E-state index in [0.29, 0.717) is 17.6 Å². The van der Waals surface area contributed by atoms with Crippen molar-refractivity contribution >= 4 is 27.7 Å². The van der Waals surface area contributed by atoms with Crippen LogP contribution in [0.15, 0.2) is 22.7 Å². The van der Waals surface area contributed by atoms with Crippen LogP contribution in [0, 0.1) is 5.82 Å². The van der Waals surface area contributed by atoms with Crippen molar-refractivity contribution in [2.75, 3.05) is 19.6 Å². The zero-order valence-corrected chi connectivity index (χ0v) is 13.2. The molecule has 0 radical (unpaired) electrons. The van der Waals surface area contributed by atoms with Gasteiger partial charge >= 0.3 is 0 Å². The van der Waals surface area contributed by atoms with Gasteiger partial charge in [0.05, 0.1) is 5.56 Å². The molecule has 6 heteroatoms. The second-order valence-corrected chi connectivity index (χ2v) is 5.02. The highest BCUT2D eigenvalue weighted by Gasteiger charge is 2.16. The molecule has 0 spiro atoms. The van der Waals surface area contributed by atoms with Crippen LogP contribution < -0.4 is 5.32 Å². The normalized spacial score (nSPS) is 10.2. The zero-order valence-electron chi connectivity index (χ0n) is 11.6. The molecule has 0 aliphatic heterocycles. The first kappa shape index (κ1) is 16.6. The lowest BCUT2D eigenvalue weighted by Crippen LogP contribution is -2.34. The van der Waals surface area contributed by atoms with Gasteiger partial charge in [0.15, 0.2) is 0 Å². The van der Waals surface area contributed by atoms with Crippen molar-refractivity contribution in [3.63, 3.8) is 0 Å². The lowest BCUT2D eigenvalue weighted by molar-refractivity contribution is -0.130. The van der Waals surface area contributed by atoms with E-state index in [1.165, 1.54) is 12.1 Å². The molecule has 0 aliphatic carbocycles. The molecule has 0 atom stereocenters. The quantitative estimate of drug-likeness (QED) is 0.862. The minimum atomic E-state index is -0.591. The monoisotopic (exact) mass is 344 g/mol. The van der Waals surface area contributed by atoms with Crippen molar-refractivity contribution in [3.05, 3.63) is 34.1 Å². The van der Waals surface area contributed by atoms with Gasteiger partial charge in [-0.2, -0.15) is 0 Å². The Morgan fingerprint density at radius 3 is 2.50 bits per heavy atom. The summed E-state index contributed by atoms with van der Waals surface area (Å²) in [6.07, 6.45) is 0.208. The topological polar surface area (TPSA) is 49.4 Å². The molecule has 0 unspecified atom stereocenters. The fraction of sp³-hybridized carbons (Fsp3) is 0.429. The van der Waals surface area contributed by atoms with Gasteiger partial charge in [0.25, 0.3) is 5.91 Å². The van der Waals surface area contributed by atoms with Crippen LogP contribution in [-0.2, 0) is 4.79 Å². The number of nitrogens with one attached hydrogen (secondary N) is 1. The second kappa shape index (κ2) is 7.99. The van der Waals surface area contributed by atoms with Crippen LogP contribution in [0.2, 0.25) is 0 Å². The summed E-state index contributed by atoms with van der Waals surface area (Å²) in [6, 6.07) is 4.33.